The van der Waals surface area contributed by atoms with Gasteiger partial charge >= 0.3 is 167 Å². The SMILES string of the molecule is Cc1cccc(C)[c]1[Ge]=[Ge]([c]1c(C)cccc1C)[c]1c(C)cccc1C. The Hall–Kier alpha value is -1.25. The molecule has 0 aliphatic heterocycles. The predicted molar refractivity (Wildman–Crippen MR) is 118 cm³/mol. The third-order valence-electron chi connectivity index (χ3n) is 5.19. The van der Waals surface area contributed by atoms with E-state index >= 15 is 0 Å². The van der Waals surface area contributed by atoms with E-state index in [1.807, 2.05) is 0 Å². The van der Waals surface area contributed by atoms with Gasteiger partial charge in [-0.1, -0.05) is 0 Å². The van der Waals surface area contributed by atoms with Crippen LogP contribution in [0.25, 0.3) is 0 Å². The van der Waals surface area contributed by atoms with Gasteiger partial charge in [0.15, 0.2) is 0 Å². The molecule has 0 aromatic heterocycles. The molecule has 0 bridgehead atoms. The van der Waals surface area contributed by atoms with E-state index in [1.165, 1.54) is 33.4 Å². The Morgan fingerprint density at radius 2 is 0.808 bits per heavy atom. The summed E-state index contributed by atoms with van der Waals surface area (Å²) in [6, 6.07) is 20.5. The molecule has 3 aromatic carbocycles. The molecule has 0 spiro atoms. The minimum absolute atomic E-state index is 0.212. The Kier molecular flexibility index (Phi) is 6.14. The van der Waals surface area contributed by atoms with Gasteiger partial charge in [0.05, 0.1) is 0 Å². The van der Waals surface area contributed by atoms with Crippen LogP contribution < -0.4 is 13.2 Å². The van der Waals surface area contributed by atoms with Crippen molar-refractivity contribution in [2.75, 3.05) is 0 Å². The molecule has 1 radical (unpaired) electrons. The van der Waals surface area contributed by atoms with E-state index in [0.717, 1.165) is 0 Å². The molecule has 0 fully saturated rings. The first-order valence-corrected chi connectivity index (χ1v) is 18.9. The first-order valence-electron chi connectivity index (χ1n) is 9.23. The molecule has 3 rings (SSSR count). The maximum atomic E-state index is 2.32. The summed E-state index contributed by atoms with van der Waals surface area (Å²) >= 11 is -1.83. The molecular formula is C24H27Ge2. The summed E-state index contributed by atoms with van der Waals surface area (Å²) in [4.78, 5) is 0. The fourth-order valence-electron chi connectivity index (χ4n) is 3.80. The monoisotopic (exact) mass is 463 g/mol. The second-order valence-corrected chi connectivity index (χ2v) is 20.7. The summed E-state index contributed by atoms with van der Waals surface area (Å²) in [5.74, 6) is 0. The van der Waals surface area contributed by atoms with Crippen molar-refractivity contribution >= 4 is 37.9 Å². The van der Waals surface area contributed by atoms with Gasteiger partial charge in [-0.2, -0.15) is 0 Å². The van der Waals surface area contributed by atoms with E-state index in [1.54, 1.807) is 13.2 Å². The standard InChI is InChI=1S/C24H27Ge2/c1-16-10-7-11-17(2)22(16)25-26(23-18(3)12-8-13-19(23)4)24-20(5)14-9-15-21(24)6/h7-15H,1-6H3. The minimum atomic E-state index is -1.62. The van der Waals surface area contributed by atoms with E-state index in [-0.39, 0.29) is 12.9 Å². The Labute approximate surface area is 166 Å². The van der Waals surface area contributed by atoms with Crippen LogP contribution in [0.4, 0.5) is 0 Å². The summed E-state index contributed by atoms with van der Waals surface area (Å²) in [6.45, 7) is 13.9. The van der Waals surface area contributed by atoms with Gasteiger partial charge in [0.25, 0.3) is 0 Å². The topological polar surface area (TPSA) is 0 Å². The molecule has 0 nitrogen and oxygen atoms in total. The average Bonchev–Trinajstić information content (AvgIpc) is 2.57. The van der Waals surface area contributed by atoms with Crippen molar-refractivity contribution in [1.29, 1.82) is 0 Å². The van der Waals surface area contributed by atoms with Gasteiger partial charge in [-0.25, -0.2) is 0 Å². The van der Waals surface area contributed by atoms with Crippen LogP contribution in [0.1, 0.15) is 33.4 Å². The van der Waals surface area contributed by atoms with E-state index in [4.69, 9.17) is 0 Å². The number of hydrogen-bond acceptors (Lipinski definition) is 0. The molecule has 0 amide bonds. The first-order chi connectivity index (χ1) is 12.4. The molecule has 0 saturated heterocycles. The van der Waals surface area contributed by atoms with Crippen LogP contribution in [0.5, 0.6) is 0 Å². The predicted octanol–water partition coefficient (Wildman–Crippen LogP) is 3.67. The number of aryl methyl sites for hydroxylation is 6. The van der Waals surface area contributed by atoms with Crippen molar-refractivity contribution in [2.24, 2.45) is 0 Å². The van der Waals surface area contributed by atoms with Gasteiger partial charge in [0, 0.05) is 0 Å². The fraction of sp³-hybridized carbons (Fsp3) is 0.250. The zero-order valence-corrected chi connectivity index (χ0v) is 20.9. The van der Waals surface area contributed by atoms with Crippen LogP contribution in [0.3, 0.4) is 0 Å². The van der Waals surface area contributed by atoms with Crippen molar-refractivity contribution in [3.05, 3.63) is 88.0 Å². The molecule has 2 heteroatoms. The summed E-state index contributed by atoms with van der Waals surface area (Å²) in [7, 11) is 0. The van der Waals surface area contributed by atoms with Gasteiger partial charge in [-0.15, -0.1) is 0 Å². The van der Waals surface area contributed by atoms with Crippen LogP contribution in [0.15, 0.2) is 54.6 Å². The molecule has 0 atom stereocenters. The Morgan fingerprint density at radius 3 is 1.15 bits per heavy atom. The molecule has 3 aromatic rings. The number of rotatable bonds is 3. The first kappa shape index (κ1) is 19.5. The molecule has 0 N–H and O–H groups in total. The normalized spacial score (nSPS) is 10.7. The number of benzene rings is 3. The van der Waals surface area contributed by atoms with Crippen LogP contribution in [-0.2, 0) is 0 Å². The van der Waals surface area contributed by atoms with Crippen molar-refractivity contribution in [1.82, 2.24) is 0 Å². The Balaban J connectivity index is 2.40. The van der Waals surface area contributed by atoms with Gasteiger partial charge in [-0.3, -0.25) is 0 Å². The Morgan fingerprint density at radius 1 is 0.500 bits per heavy atom. The van der Waals surface area contributed by atoms with Crippen molar-refractivity contribution in [3.63, 3.8) is 0 Å². The summed E-state index contributed by atoms with van der Waals surface area (Å²) in [6.07, 6.45) is 0. The quantitative estimate of drug-likeness (QED) is 0.523. The summed E-state index contributed by atoms with van der Waals surface area (Å²) in [5, 5.41) is 0. The molecule has 131 valence electrons. The molecule has 0 aliphatic rings. The van der Waals surface area contributed by atoms with Crippen molar-refractivity contribution < 1.29 is 0 Å². The zero-order chi connectivity index (χ0) is 18.8. The van der Waals surface area contributed by atoms with E-state index in [9.17, 15) is 0 Å². The second-order valence-electron chi connectivity index (χ2n) is 7.30. The average molecular weight is 461 g/mol. The molecule has 26 heavy (non-hydrogen) atoms. The molecule has 0 aliphatic carbocycles. The Bertz CT molecular complexity index is 883. The van der Waals surface area contributed by atoms with Gasteiger partial charge < -0.3 is 0 Å². The van der Waals surface area contributed by atoms with Crippen molar-refractivity contribution in [3.8, 4) is 0 Å². The van der Waals surface area contributed by atoms with Crippen LogP contribution >= 0.6 is 0 Å². The molecule has 0 saturated carbocycles. The molecular weight excluding hydrogens is 433 g/mol. The van der Waals surface area contributed by atoms with E-state index in [2.05, 4.69) is 96.1 Å². The molecule has 0 heterocycles. The zero-order valence-electron chi connectivity index (χ0n) is 16.7. The molecule has 0 unspecified atom stereocenters. The third kappa shape index (κ3) is 3.87. The van der Waals surface area contributed by atoms with E-state index < -0.39 is 11.8 Å². The second kappa shape index (κ2) is 8.18. The third-order valence-corrected chi connectivity index (χ3v) is 24.2. The van der Waals surface area contributed by atoms with Gasteiger partial charge in [0.2, 0.25) is 0 Å². The van der Waals surface area contributed by atoms with Gasteiger partial charge in [0.1, 0.15) is 0 Å². The van der Waals surface area contributed by atoms with Crippen LogP contribution in [-0.4, -0.2) is 24.8 Å². The maximum absolute atomic E-state index is 2.32. The van der Waals surface area contributed by atoms with Gasteiger partial charge in [-0.05, 0) is 0 Å². The van der Waals surface area contributed by atoms with Crippen molar-refractivity contribution in [2.45, 2.75) is 41.5 Å². The summed E-state index contributed by atoms with van der Waals surface area (Å²) < 4.78 is 5.12. The summed E-state index contributed by atoms with van der Waals surface area (Å²) in [5.41, 5.74) is 8.98. The van der Waals surface area contributed by atoms with E-state index in [0.29, 0.717) is 0 Å². The number of hydrogen-bond donors (Lipinski definition) is 0. The van der Waals surface area contributed by atoms with Crippen LogP contribution in [0.2, 0.25) is 0 Å². The van der Waals surface area contributed by atoms with Crippen LogP contribution in [0, 0.1) is 41.5 Å². The fourth-order valence-corrected chi connectivity index (χ4v) is 28.9.